The number of anilines is 1. The zero-order valence-corrected chi connectivity index (χ0v) is 15.3. The summed E-state index contributed by atoms with van der Waals surface area (Å²) in [5, 5.41) is 1.70. The Labute approximate surface area is 151 Å². The van der Waals surface area contributed by atoms with Crippen LogP contribution < -0.4 is 4.90 Å². The number of amides is 1. The maximum Gasteiger partial charge on any atom is 0.329 e. The Hall–Kier alpha value is -2.45. The molecule has 8 heteroatoms. The fourth-order valence-electron chi connectivity index (χ4n) is 3.08. The summed E-state index contributed by atoms with van der Waals surface area (Å²) >= 11 is 0. The normalized spacial score (nSPS) is 17.3. The summed E-state index contributed by atoms with van der Waals surface area (Å²) in [5.74, 6) is -1.12. The van der Waals surface area contributed by atoms with Gasteiger partial charge in [-0.2, -0.15) is 8.42 Å². The molecule has 0 radical (unpaired) electrons. The minimum Gasteiger partial charge on any atom is -0.464 e. The molecule has 1 saturated heterocycles. The van der Waals surface area contributed by atoms with E-state index < -0.39 is 34.6 Å². The number of hydrogen-bond donors (Lipinski definition) is 0. The van der Waals surface area contributed by atoms with Crippen LogP contribution in [0.15, 0.2) is 36.4 Å². The summed E-state index contributed by atoms with van der Waals surface area (Å²) in [6.45, 7) is 1.37. The zero-order valence-electron chi connectivity index (χ0n) is 14.5. The first-order valence-electron chi connectivity index (χ1n) is 8.09. The highest BCUT2D eigenvalue weighted by Gasteiger charge is 2.37. The van der Waals surface area contributed by atoms with Crippen molar-refractivity contribution in [3.63, 3.8) is 0 Å². The van der Waals surface area contributed by atoms with Gasteiger partial charge in [-0.05, 0) is 17.9 Å². The minimum atomic E-state index is -3.79. The molecular formula is C18H19NO6S. The van der Waals surface area contributed by atoms with Crippen LogP contribution in [0.3, 0.4) is 0 Å². The van der Waals surface area contributed by atoms with Gasteiger partial charge in [0, 0.05) is 11.8 Å². The van der Waals surface area contributed by atoms with Gasteiger partial charge in [0.15, 0.2) is 0 Å². The minimum absolute atomic E-state index is 0.212. The van der Waals surface area contributed by atoms with Gasteiger partial charge in [-0.25, -0.2) is 4.79 Å². The smallest absolute Gasteiger partial charge is 0.329 e. The Morgan fingerprint density at radius 2 is 2.00 bits per heavy atom. The molecule has 0 aliphatic carbocycles. The highest BCUT2D eigenvalue weighted by Crippen LogP contribution is 2.34. The molecule has 138 valence electrons. The van der Waals surface area contributed by atoms with Gasteiger partial charge in [-0.3, -0.25) is 13.9 Å². The van der Waals surface area contributed by atoms with Crippen molar-refractivity contribution >= 4 is 38.5 Å². The summed E-state index contributed by atoms with van der Waals surface area (Å²) in [6.07, 6.45) is 1.21. The second-order valence-corrected chi connectivity index (χ2v) is 7.80. The molecule has 1 heterocycles. The van der Waals surface area contributed by atoms with Crippen LogP contribution in [0.25, 0.3) is 10.8 Å². The average Bonchev–Trinajstić information content (AvgIpc) is 3.00. The number of benzene rings is 2. The average molecular weight is 377 g/mol. The molecule has 1 aliphatic heterocycles. The standard InChI is InChI=1S/C18H19NO6S/c1-12-7-8-13-5-3-4-6-14(13)17(12)19(15-9-10-24-18(15)21)16(20)11-25-26(2,22)23/h3-8,15H,9-11H2,1-2H3. The van der Waals surface area contributed by atoms with Crippen molar-refractivity contribution in [3.05, 3.63) is 42.0 Å². The van der Waals surface area contributed by atoms with E-state index in [1.807, 2.05) is 43.3 Å². The molecule has 2 aromatic carbocycles. The molecule has 1 aliphatic rings. The van der Waals surface area contributed by atoms with Crippen molar-refractivity contribution in [2.75, 3.05) is 24.4 Å². The van der Waals surface area contributed by atoms with Crippen molar-refractivity contribution in [2.45, 2.75) is 19.4 Å². The number of aryl methyl sites for hydroxylation is 1. The van der Waals surface area contributed by atoms with E-state index in [1.54, 1.807) is 0 Å². The molecular weight excluding hydrogens is 358 g/mol. The lowest BCUT2D eigenvalue weighted by molar-refractivity contribution is -0.140. The number of ether oxygens (including phenoxy) is 1. The Morgan fingerprint density at radius 3 is 2.65 bits per heavy atom. The fourth-order valence-corrected chi connectivity index (χ4v) is 3.40. The number of esters is 1. The summed E-state index contributed by atoms with van der Waals surface area (Å²) in [5.41, 5.74) is 1.35. The van der Waals surface area contributed by atoms with E-state index >= 15 is 0 Å². The highest BCUT2D eigenvalue weighted by atomic mass is 32.2. The van der Waals surface area contributed by atoms with Gasteiger partial charge in [-0.1, -0.05) is 36.4 Å². The van der Waals surface area contributed by atoms with Crippen LogP contribution in [0.5, 0.6) is 0 Å². The van der Waals surface area contributed by atoms with Crippen molar-refractivity contribution < 1.29 is 26.9 Å². The van der Waals surface area contributed by atoms with Gasteiger partial charge >= 0.3 is 5.97 Å². The van der Waals surface area contributed by atoms with Crippen molar-refractivity contribution in [3.8, 4) is 0 Å². The Balaban J connectivity index is 2.11. The van der Waals surface area contributed by atoms with E-state index in [2.05, 4.69) is 4.18 Å². The van der Waals surface area contributed by atoms with Crippen LogP contribution in [0.1, 0.15) is 12.0 Å². The van der Waals surface area contributed by atoms with Crippen molar-refractivity contribution in [2.24, 2.45) is 0 Å². The first kappa shape index (κ1) is 18.3. The second-order valence-electron chi connectivity index (χ2n) is 6.15. The predicted molar refractivity (Wildman–Crippen MR) is 96.3 cm³/mol. The quantitative estimate of drug-likeness (QED) is 0.583. The van der Waals surface area contributed by atoms with E-state index in [0.29, 0.717) is 12.1 Å². The molecule has 0 aromatic heterocycles. The van der Waals surface area contributed by atoms with Crippen LogP contribution in [-0.2, 0) is 28.6 Å². The maximum absolute atomic E-state index is 12.8. The number of hydrogen-bond acceptors (Lipinski definition) is 6. The first-order valence-corrected chi connectivity index (χ1v) is 9.91. The maximum atomic E-state index is 12.8. The Morgan fingerprint density at radius 1 is 1.27 bits per heavy atom. The summed E-state index contributed by atoms with van der Waals surface area (Å²) in [6, 6.07) is 10.5. The molecule has 2 aromatic rings. The van der Waals surface area contributed by atoms with E-state index in [4.69, 9.17) is 4.74 Å². The molecule has 0 saturated carbocycles. The van der Waals surface area contributed by atoms with Gasteiger partial charge in [0.2, 0.25) is 0 Å². The predicted octanol–water partition coefficient (Wildman–Crippen LogP) is 1.77. The van der Waals surface area contributed by atoms with Crippen LogP contribution in [-0.4, -0.2) is 45.8 Å². The van der Waals surface area contributed by atoms with Crippen LogP contribution >= 0.6 is 0 Å². The third-order valence-corrected chi connectivity index (χ3v) is 4.77. The highest BCUT2D eigenvalue weighted by molar-refractivity contribution is 7.86. The summed E-state index contributed by atoms with van der Waals surface area (Å²) < 4.78 is 32.2. The molecule has 1 amide bonds. The molecule has 0 bridgehead atoms. The number of cyclic esters (lactones) is 1. The van der Waals surface area contributed by atoms with Gasteiger partial charge in [0.25, 0.3) is 16.0 Å². The fraction of sp³-hybridized carbons (Fsp3) is 0.333. The largest absolute Gasteiger partial charge is 0.464 e. The van der Waals surface area contributed by atoms with E-state index in [-0.39, 0.29) is 6.61 Å². The molecule has 3 rings (SSSR count). The van der Waals surface area contributed by atoms with E-state index in [0.717, 1.165) is 22.6 Å². The monoisotopic (exact) mass is 377 g/mol. The molecule has 1 atom stereocenters. The lowest BCUT2D eigenvalue weighted by Gasteiger charge is -2.29. The molecule has 7 nitrogen and oxygen atoms in total. The number of fused-ring (bicyclic) bond motifs is 1. The number of rotatable bonds is 5. The SMILES string of the molecule is Cc1ccc2ccccc2c1N(C(=O)COS(C)(=O)=O)C1CCOC1=O. The second kappa shape index (κ2) is 7.05. The molecule has 1 fully saturated rings. The van der Waals surface area contributed by atoms with E-state index in [9.17, 15) is 18.0 Å². The van der Waals surface area contributed by atoms with Crippen molar-refractivity contribution in [1.82, 2.24) is 0 Å². The molecule has 0 spiro atoms. The van der Waals surface area contributed by atoms with Crippen molar-refractivity contribution in [1.29, 1.82) is 0 Å². The van der Waals surface area contributed by atoms with Gasteiger partial charge in [0.1, 0.15) is 12.6 Å². The number of carbonyl (C=O) groups excluding carboxylic acids is 2. The summed E-state index contributed by atoms with van der Waals surface area (Å²) in [7, 11) is -3.79. The van der Waals surface area contributed by atoms with E-state index in [1.165, 1.54) is 4.90 Å². The number of nitrogens with zero attached hydrogens (tertiary/aromatic N) is 1. The first-order chi connectivity index (χ1) is 12.3. The van der Waals surface area contributed by atoms with Gasteiger partial charge < -0.3 is 4.74 Å². The Kier molecular flexibility index (Phi) is 4.97. The van der Waals surface area contributed by atoms with Gasteiger partial charge in [-0.15, -0.1) is 0 Å². The third kappa shape index (κ3) is 3.71. The molecule has 0 N–H and O–H groups in total. The topological polar surface area (TPSA) is 90.0 Å². The van der Waals surface area contributed by atoms with Crippen LogP contribution in [0.4, 0.5) is 5.69 Å². The Bertz CT molecular complexity index is 969. The number of carbonyl (C=O) groups is 2. The van der Waals surface area contributed by atoms with Crippen LogP contribution in [0, 0.1) is 6.92 Å². The van der Waals surface area contributed by atoms with Crippen LogP contribution in [0.2, 0.25) is 0 Å². The summed E-state index contributed by atoms with van der Waals surface area (Å²) in [4.78, 5) is 26.3. The zero-order chi connectivity index (χ0) is 18.9. The third-order valence-electron chi connectivity index (χ3n) is 4.23. The lowest BCUT2D eigenvalue weighted by atomic mass is 10.0. The molecule has 1 unspecified atom stereocenters. The van der Waals surface area contributed by atoms with Gasteiger partial charge in [0.05, 0.1) is 18.6 Å². The lowest BCUT2D eigenvalue weighted by Crippen LogP contribution is -2.45. The molecule has 26 heavy (non-hydrogen) atoms.